The maximum Gasteiger partial charge on any atom is 0.165 e. The highest BCUT2D eigenvalue weighted by Gasteiger charge is 2.11. The van der Waals surface area contributed by atoms with Crippen LogP contribution in [-0.2, 0) is 6.54 Å². The quantitative estimate of drug-likeness (QED) is 0.740. The smallest absolute Gasteiger partial charge is 0.165 e. The second-order valence-corrected chi connectivity index (χ2v) is 5.68. The highest BCUT2D eigenvalue weighted by Crippen LogP contribution is 2.20. The van der Waals surface area contributed by atoms with Crippen LogP contribution in [0.15, 0.2) is 41.4 Å². The predicted molar refractivity (Wildman–Crippen MR) is 82.9 cm³/mol. The summed E-state index contributed by atoms with van der Waals surface area (Å²) in [4.78, 5) is 15.0. The van der Waals surface area contributed by atoms with Crippen LogP contribution in [-0.4, -0.2) is 33.6 Å². The van der Waals surface area contributed by atoms with Gasteiger partial charge in [-0.15, -0.1) is 0 Å². The van der Waals surface area contributed by atoms with Crippen molar-refractivity contribution in [1.82, 2.24) is 19.5 Å². The van der Waals surface area contributed by atoms with Gasteiger partial charge in [0.25, 0.3) is 0 Å². The molecule has 0 bridgehead atoms. The number of hydrogen-bond acceptors (Lipinski definition) is 4. The molecule has 0 saturated heterocycles. The molecule has 0 amide bonds. The summed E-state index contributed by atoms with van der Waals surface area (Å²) in [6, 6.07) is 8.23. The van der Waals surface area contributed by atoms with Crippen LogP contribution in [0.2, 0.25) is 0 Å². The monoisotopic (exact) mass is 331 g/mol. The molecular formula is C14H14BrN5. The molecule has 0 aliphatic heterocycles. The molecule has 6 heteroatoms. The van der Waals surface area contributed by atoms with E-state index in [1.807, 2.05) is 42.0 Å². The number of nitrogens with zero attached hydrogens (tertiary/aromatic N) is 5. The minimum atomic E-state index is 0.736. The Bertz CT molecular complexity index is 750. The van der Waals surface area contributed by atoms with Gasteiger partial charge in [0.1, 0.15) is 6.33 Å². The fourth-order valence-corrected chi connectivity index (χ4v) is 2.59. The molecule has 0 atom stereocenters. The van der Waals surface area contributed by atoms with E-state index in [0.717, 1.165) is 28.0 Å². The Labute approximate surface area is 125 Å². The Kier molecular flexibility index (Phi) is 3.40. The molecular weight excluding hydrogens is 318 g/mol. The standard InChI is InChI=1S/C14H14BrN5/c1-19(2)13-12-14(17-8-16-13)20(9-18-12)7-10-4-3-5-11(15)6-10/h3-6,8-9H,7H2,1-2H3. The summed E-state index contributed by atoms with van der Waals surface area (Å²) in [5.41, 5.74) is 2.87. The second kappa shape index (κ2) is 5.20. The van der Waals surface area contributed by atoms with Crippen molar-refractivity contribution in [2.45, 2.75) is 6.54 Å². The van der Waals surface area contributed by atoms with E-state index in [-0.39, 0.29) is 0 Å². The normalized spacial score (nSPS) is 10.9. The van der Waals surface area contributed by atoms with Crippen LogP contribution >= 0.6 is 15.9 Å². The van der Waals surface area contributed by atoms with Crippen molar-refractivity contribution in [2.24, 2.45) is 0 Å². The zero-order chi connectivity index (χ0) is 14.1. The first-order chi connectivity index (χ1) is 9.65. The van der Waals surface area contributed by atoms with Gasteiger partial charge in [-0.05, 0) is 17.7 Å². The lowest BCUT2D eigenvalue weighted by Gasteiger charge is -2.11. The van der Waals surface area contributed by atoms with Gasteiger partial charge >= 0.3 is 0 Å². The zero-order valence-electron chi connectivity index (χ0n) is 11.3. The van der Waals surface area contributed by atoms with Crippen molar-refractivity contribution in [3.8, 4) is 0 Å². The Balaban J connectivity index is 2.03. The number of anilines is 1. The lowest BCUT2D eigenvalue weighted by atomic mass is 10.2. The first-order valence-electron chi connectivity index (χ1n) is 6.23. The third-order valence-corrected chi connectivity index (χ3v) is 3.54. The zero-order valence-corrected chi connectivity index (χ0v) is 12.9. The van der Waals surface area contributed by atoms with E-state index in [2.05, 4.69) is 43.0 Å². The molecule has 0 fully saturated rings. The lowest BCUT2D eigenvalue weighted by molar-refractivity contribution is 0.812. The largest absolute Gasteiger partial charge is 0.361 e. The molecule has 0 radical (unpaired) electrons. The van der Waals surface area contributed by atoms with E-state index in [4.69, 9.17) is 0 Å². The summed E-state index contributed by atoms with van der Waals surface area (Å²) < 4.78 is 3.11. The molecule has 1 aromatic carbocycles. The van der Waals surface area contributed by atoms with Gasteiger partial charge in [0.05, 0.1) is 12.9 Å². The van der Waals surface area contributed by atoms with Gasteiger partial charge in [-0.25, -0.2) is 15.0 Å². The molecule has 3 aromatic rings. The molecule has 0 spiro atoms. The summed E-state index contributed by atoms with van der Waals surface area (Å²) in [5, 5.41) is 0. The molecule has 102 valence electrons. The number of aromatic nitrogens is 4. The minimum absolute atomic E-state index is 0.736. The van der Waals surface area contributed by atoms with Crippen molar-refractivity contribution in [1.29, 1.82) is 0 Å². The van der Waals surface area contributed by atoms with Gasteiger partial charge in [-0.1, -0.05) is 28.1 Å². The van der Waals surface area contributed by atoms with E-state index >= 15 is 0 Å². The maximum absolute atomic E-state index is 4.44. The van der Waals surface area contributed by atoms with E-state index in [9.17, 15) is 0 Å². The average Bonchev–Trinajstić information content (AvgIpc) is 2.82. The van der Waals surface area contributed by atoms with Crippen LogP contribution in [0.3, 0.4) is 0 Å². The second-order valence-electron chi connectivity index (χ2n) is 4.77. The molecule has 0 aliphatic carbocycles. The van der Waals surface area contributed by atoms with Gasteiger partial charge in [0, 0.05) is 18.6 Å². The van der Waals surface area contributed by atoms with Crippen LogP contribution in [0.5, 0.6) is 0 Å². The van der Waals surface area contributed by atoms with Gasteiger partial charge in [0.2, 0.25) is 0 Å². The number of hydrogen-bond donors (Lipinski definition) is 0. The topological polar surface area (TPSA) is 46.8 Å². The van der Waals surface area contributed by atoms with Crippen LogP contribution in [0.1, 0.15) is 5.56 Å². The van der Waals surface area contributed by atoms with Gasteiger partial charge in [-0.2, -0.15) is 0 Å². The van der Waals surface area contributed by atoms with E-state index < -0.39 is 0 Å². The van der Waals surface area contributed by atoms with E-state index in [0.29, 0.717) is 0 Å². The molecule has 0 aliphatic rings. The Morgan fingerprint density at radius 1 is 1.20 bits per heavy atom. The molecule has 2 heterocycles. The van der Waals surface area contributed by atoms with Gasteiger partial charge in [0.15, 0.2) is 17.0 Å². The molecule has 2 aromatic heterocycles. The first kappa shape index (κ1) is 13.1. The molecule has 0 N–H and O–H groups in total. The Hall–Kier alpha value is -1.95. The maximum atomic E-state index is 4.44. The van der Waals surface area contributed by atoms with Crippen molar-refractivity contribution in [3.05, 3.63) is 47.0 Å². The Morgan fingerprint density at radius 2 is 2.05 bits per heavy atom. The number of fused-ring (bicyclic) bond motifs is 1. The highest BCUT2D eigenvalue weighted by molar-refractivity contribution is 9.10. The van der Waals surface area contributed by atoms with Gasteiger partial charge in [-0.3, -0.25) is 0 Å². The summed E-state index contributed by atoms with van der Waals surface area (Å²) in [5.74, 6) is 0.836. The summed E-state index contributed by atoms with van der Waals surface area (Å²) in [7, 11) is 3.91. The van der Waals surface area contributed by atoms with Crippen LogP contribution < -0.4 is 4.90 Å². The highest BCUT2D eigenvalue weighted by atomic mass is 79.9. The molecule has 20 heavy (non-hydrogen) atoms. The number of benzene rings is 1. The van der Waals surface area contributed by atoms with Crippen LogP contribution in [0.25, 0.3) is 11.2 Å². The Morgan fingerprint density at radius 3 is 2.80 bits per heavy atom. The molecule has 3 rings (SSSR count). The van der Waals surface area contributed by atoms with Crippen LogP contribution in [0, 0.1) is 0 Å². The van der Waals surface area contributed by atoms with Crippen LogP contribution in [0.4, 0.5) is 5.82 Å². The summed E-state index contributed by atoms with van der Waals surface area (Å²) in [6.07, 6.45) is 3.39. The van der Waals surface area contributed by atoms with E-state index in [1.54, 1.807) is 6.33 Å². The molecule has 0 saturated carbocycles. The van der Waals surface area contributed by atoms with Crippen molar-refractivity contribution in [3.63, 3.8) is 0 Å². The molecule has 0 unspecified atom stereocenters. The SMILES string of the molecule is CN(C)c1ncnc2c1ncn2Cc1cccc(Br)c1. The fourth-order valence-electron chi connectivity index (χ4n) is 2.14. The summed E-state index contributed by atoms with van der Waals surface area (Å²) in [6.45, 7) is 0.736. The average molecular weight is 332 g/mol. The fraction of sp³-hybridized carbons (Fsp3) is 0.214. The number of rotatable bonds is 3. The lowest BCUT2D eigenvalue weighted by Crippen LogP contribution is -2.11. The van der Waals surface area contributed by atoms with Gasteiger partial charge < -0.3 is 9.47 Å². The summed E-state index contributed by atoms with van der Waals surface area (Å²) >= 11 is 3.49. The molecule has 5 nitrogen and oxygen atoms in total. The first-order valence-corrected chi connectivity index (χ1v) is 7.02. The third-order valence-electron chi connectivity index (χ3n) is 3.05. The van der Waals surface area contributed by atoms with Crippen molar-refractivity contribution in [2.75, 3.05) is 19.0 Å². The van der Waals surface area contributed by atoms with Crippen molar-refractivity contribution < 1.29 is 0 Å². The minimum Gasteiger partial charge on any atom is -0.361 e. The third kappa shape index (κ3) is 2.38. The van der Waals surface area contributed by atoms with E-state index in [1.165, 1.54) is 5.56 Å². The van der Waals surface area contributed by atoms with Crippen molar-refractivity contribution >= 4 is 32.9 Å². The number of halogens is 1. The number of imidazole rings is 1. The predicted octanol–water partition coefficient (Wildman–Crippen LogP) is 2.70.